The van der Waals surface area contributed by atoms with Gasteiger partial charge in [0, 0.05) is 0 Å². The Kier molecular flexibility index (Phi) is 10.3. The molecule has 2 heteroatoms. The quantitative estimate of drug-likeness (QED) is 0.408. The zero-order valence-corrected chi connectivity index (χ0v) is 24.0. The first kappa shape index (κ1) is 25.3. The van der Waals surface area contributed by atoms with Crippen molar-refractivity contribution in [3.05, 3.63) is 70.8 Å². The van der Waals surface area contributed by atoms with E-state index in [1.807, 2.05) is 27.7 Å². The summed E-state index contributed by atoms with van der Waals surface area (Å²) in [5.41, 5.74) is 9.96. The predicted octanol–water partition coefficient (Wildman–Crippen LogP) is 4.91. The molecule has 28 heavy (non-hydrogen) atoms. The molecule has 0 amide bonds. The smallest absolute Gasteiger partial charge is 0.657 e. The molecule has 4 aromatic rings. The van der Waals surface area contributed by atoms with Gasteiger partial charge < -0.3 is 4.98 Å². The van der Waals surface area contributed by atoms with E-state index in [2.05, 4.69) is 76.2 Å². The molecule has 0 saturated carbocycles. The van der Waals surface area contributed by atoms with Gasteiger partial charge in [0.05, 0.1) is 0 Å². The van der Waals surface area contributed by atoms with Crippen LogP contribution < -0.4 is 63.2 Å². The Labute approximate surface area is 219 Å². The van der Waals surface area contributed by atoms with Crippen molar-refractivity contribution in [1.29, 1.82) is 0 Å². The SMILES string of the molecule is CC.CC.Cc1ccc(-c2cc3[n-]c4cc(C)ccc4c3cc2C)c(C)c1.[Rb+]. The van der Waals surface area contributed by atoms with Gasteiger partial charge in [0.1, 0.15) is 0 Å². The molecule has 1 aromatic heterocycles. The van der Waals surface area contributed by atoms with Crippen molar-refractivity contribution < 1.29 is 58.2 Å². The van der Waals surface area contributed by atoms with Gasteiger partial charge in [0.25, 0.3) is 0 Å². The summed E-state index contributed by atoms with van der Waals surface area (Å²) in [5, 5.41) is 2.51. The van der Waals surface area contributed by atoms with Crippen LogP contribution in [0.4, 0.5) is 0 Å². The summed E-state index contributed by atoms with van der Waals surface area (Å²) < 4.78 is 0. The Hall–Kier alpha value is -0.735. The van der Waals surface area contributed by atoms with Crippen molar-refractivity contribution in [1.82, 2.24) is 4.98 Å². The number of aryl methyl sites for hydroxylation is 4. The molecule has 0 spiro atoms. The summed E-state index contributed by atoms with van der Waals surface area (Å²) in [6, 6.07) is 17.7. The number of aromatic nitrogens is 1. The monoisotopic (exact) mass is 443 g/mol. The summed E-state index contributed by atoms with van der Waals surface area (Å²) in [4.78, 5) is 4.85. The first-order valence-electron chi connectivity index (χ1n) is 10.1. The third-order valence-electron chi connectivity index (χ3n) is 4.70. The fourth-order valence-corrected chi connectivity index (χ4v) is 3.50. The van der Waals surface area contributed by atoms with E-state index in [9.17, 15) is 0 Å². The fourth-order valence-electron chi connectivity index (χ4n) is 3.50. The maximum absolute atomic E-state index is 4.85. The Balaban J connectivity index is 0.000000739. The first-order chi connectivity index (χ1) is 13.0. The van der Waals surface area contributed by atoms with Gasteiger partial charge in [-0.25, -0.2) is 0 Å². The molecule has 0 radical (unpaired) electrons. The summed E-state index contributed by atoms with van der Waals surface area (Å²) in [7, 11) is 0. The van der Waals surface area contributed by atoms with Crippen LogP contribution in [-0.4, -0.2) is 0 Å². The minimum absolute atomic E-state index is 0. The summed E-state index contributed by atoms with van der Waals surface area (Å²) in [6.45, 7) is 16.6. The van der Waals surface area contributed by atoms with E-state index in [4.69, 9.17) is 4.98 Å². The van der Waals surface area contributed by atoms with Gasteiger partial charge in [-0.2, -0.15) is 0 Å². The van der Waals surface area contributed by atoms with Crippen LogP contribution in [0.15, 0.2) is 48.5 Å². The topological polar surface area (TPSA) is 14.1 Å². The second-order valence-electron chi connectivity index (χ2n) is 6.64. The van der Waals surface area contributed by atoms with Gasteiger partial charge >= 0.3 is 58.2 Å². The first-order valence-corrected chi connectivity index (χ1v) is 10.1. The van der Waals surface area contributed by atoms with Crippen LogP contribution in [0.2, 0.25) is 0 Å². The molecule has 142 valence electrons. The van der Waals surface area contributed by atoms with Gasteiger partial charge in [0.2, 0.25) is 0 Å². The number of benzene rings is 3. The molecule has 0 N–H and O–H groups in total. The van der Waals surface area contributed by atoms with E-state index < -0.39 is 0 Å². The largest absolute Gasteiger partial charge is 1.00 e. The average molecular weight is 444 g/mol. The van der Waals surface area contributed by atoms with Crippen LogP contribution in [0.5, 0.6) is 0 Å². The standard InChI is InChI=1S/C22H20N.2C2H6.Rb/c1-13-5-7-17(15(3)9-13)19-12-22-20(11-16(19)4)18-8-6-14(2)10-21(18)23-22;2*1-2;/h5-12H,1-4H3;2*1-2H3;/q-1;;;+1. The van der Waals surface area contributed by atoms with Crippen LogP contribution in [-0.2, 0) is 0 Å². The Morgan fingerprint density at radius 3 is 1.71 bits per heavy atom. The summed E-state index contributed by atoms with van der Waals surface area (Å²) in [6.07, 6.45) is 0. The molecule has 0 bridgehead atoms. The van der Waals surface area contributed by atoms with Crippen LogP contribution in [0.25, 0.3) is 32.9 Å². The van der Waals surface area contributed by atoms with Crippen LogP contribution in [0, 0.1) is 27.7 Å². The normalized spacial score (nSPS) is 9.86. The molecule has 0 saturated heterocycles. The van der Waals surface area contributed by atoms with E-state index >= 15 is 0 Å². The molecular weight excluding hydrogens is 412 g/mol. The third-order valence-corrected chi connectivity index (χ3v) is 4.70. The van der Waals surface area contributed by atoms with E-state index in [0.717, 1.165) is 11.0 Å². The number of rotatable bonds is 1. The van der Waals surface area contributed by atoms with Crippen molar-refractivity contribution >= 4 is 21.8 Å². The Morgan fingerprint density at radius 2 is 1.07 bits per heavy atom. The third kappa shape index (κ3) is 5.24. The molecule has 0 fully saturated rings. The van der Waals surface area contributed by atoms with Gasteiger partial charge in [0.15, 0.2) is 0 Å². The van der Waals surface area contributed by atoms with Crippen LogP contribution in [0.3, 0.4) is 0 Å². The maximum Gasteiger partial charge on any atom is 1.00 e. The molecule has 3 aromatic carbocycles. The van der Waals surface area contributed by atoms with E-state index in [0.29, 0.717) is 0 Å². The molecule has 0 aliphatic rings. The van der Waals surface area contributed by atoms with Crippen LogP contribution in [0.1, 0.15) is 49.9 Å². The van der Waals surface area contributed by atoms with Crippen molar-refractivity contribution in [2.45, 2.75) is 55.4 Å². The Morgan fingerprint density at radius 1 is 0.536 bits per heavy atom. The molecule has 4 rings (SSSR count). The molecule has 0 aliphatic heterocycles. The minimum atomic E-state index is 0. The van der Waals surface area contributed by atoms with E-state index in [1.54, 1.807) is 0 Å². The van der Waals surface area contributed by atoms with Crippen molar-refractivity contribution in [2.75, 3.05) is 0 Å². The van der Waals surface area contributed by atoms with Gasteiger partial charge in [-0.1, -0.05) is 87.4 Å². The fraction of sp³-hybridized carbons (Fsp3) is 0.308. The maximum atomic E-state index is 4.85. The molecule has 1 heterocycles. The summed E-state index contributed by atoms with van der Waals surface area (Å²) in [5.74, 6) is 0. The predicted molar refractivity (Wildman–Crippen MR) is 122 cm³/mol. The molecule has 0 aliphatic carbocycles. The van der Waals surface area contributed by atoms with Gasteiger partial charge in [-0.3, -0.25) is 0 Å². The van der Waals surface area contributed by atoms with Gasteiger partial charge in [-0.15, -0.1) is 11.0 Å². The summed E-state index contributed by atoms with van der Waals surface area (Å²) >= 11 is 0. The zero-order chi connectivity index (χ0) is 20.1. The molecular formula is C26H32NRb. The number of hydrogen-bond acceptors (Lipinski definition) is 0. The van der Waals surface area contributed by atoms with Crippen molar-refractivity contribution in [2.24, 2.45) is 0 Å². The number of nitrogens with zero attached hydrogens (tertiary/aromatic N) is 1. The molecule has 0 unspecified atom stereocenters. The molecule has 1 nitrogen and oxygen atoms in total. The van der Waals surface area contributed by atoms with Gasteiger partial charge in [-0.05, 0) is 60.7 Å². The second kappa shape index (κ2) is 11.5. The molecule has 0 atom stereocenters. The van der Waals surface area contributed by atoms with E-state index in [1.165, 1.54) is 44.2 Å². The van der Waals surface area contributed by atoms with Crippen molar-refractivity contribution in [3.63, 3.8) is 0 Å². The van der Waals surface area contributed by atoms with Crippen LogP contribution >= 0.6 is 0 Å². The number of hydrogen-bond donors (Lipinski definition) is 0. The Bertz CT molecular complexity index is 1060. The number of fused-ring (bicyclic) bond motifs is 3. The second-order valence-corrected chi connectivity index (χ2v) is 6.64. The average Bonchev–Trinajstić information content (AvgIpc) is 3.01. The zero-order valence-electron chi connectivity index (χ0n) is 19.1. The minimum Gasteiger partial charge on any atom is -0.657 e. The van der Waals surface area contributed by atoms with Crippen molar-refractivity contribution in [3.8, 4) is 11.1 Å². The van der Waals surface area contributed by atoms with E-state index in [-0.39, 0.29) is 58.2 Å².